The maximum atomic E-state index is 14.1. The van der Waals surface area contributed by atoms with Gasteiger partial charge in [0.05, 0.1) is 24.5 Å². The van der Waals surface area contributed by atoms with E-state index in [1.807, 2.05) is 44.2 Å². The zero-order chi connectivity index (χ0) is 31.1. The summed E-state index contributed by atoms with van der Waals surface area (Å²) >= 11 is 0. The quantitative estimate of drug-likeness (QED) is 0.171. The van der Waals surface area contributed by atoms with Crippen LogP contribution in [0.4, 0.5) is 0 Å². The molecule has 6 atom stereocenters. The minimum absolute atomic E-state index is 0.0255. The molecule has 4 rings (SSSR count). The van der Waals surface area contributed by atoms with Crippen molar-refractivity contribution in [2.24, 2.45) is 11.8 Å². The Morgan fingerprint density at radius 1 is 1.21 bits per heavy atom. The summed E-state index contributed by atoms with van der Waals surface area (Å²) in [4.78, 5) is 57.8. The van der Waals surface area contributed by atoms with Crippen LogP contribution in [-0.4, -0.2) is 88.6 Å². The van der Waals surface area contributed by atoms with Gasteiger partial charge in [0.15, 0.2) is 0 Å². The number of aliphatic hydroxyl groups excluding tert-OH is 1. The molecule has 3 aliphatic heterocycles. The Morgan fingerprint density at radius 2 is 1.95 bits per heavy atom. The van der Waals surface area contributed by atoms with E-state index in [0.717, 1.165) is 0 Å². The van der Waals surface area contributed by atoms with Crippen molar-refractivity contribution in [1.29, 1.82) is 0 Å². The molecule has 3 amide bonds. The molecule has 234 valence electrons. The van der Waals surface area contributed by atoms with Gasteiger partial charge >= 0.3 is 5.97 Å². The monoisotopic (exact) mass is 595 g/mol. The van der Waals surface area contributed by atoms with E-state index in [-0.39, 0.29) is 49.9 Å². The van der Waals surface area contributed by atoms with Crippen LogP contribution in [0, 0.1) is 11.8 Å². The van der Waals surface area contributed by atoms with Crippen molar-refractivity contribution in [2.75, 3.05) is 26.2 Å². The number of carbonyl (C=O) groups excluding carboxylic acids is 4. The van der Waals surface area contributed by atoms with Gasteiger partial charge in [-0.25, -0.2) is 0 Å². The van der Waals surface area contributed by atoms with Crippen LogP contribution in [0.25, 0.3) is 0 Å². The fourth-order valence-corrected chi connectivity index (χ4v) is 6.83. The standard InChI is InChI=1S/C33H45N3O7/c1-5-7-15-26(38)34-21-25(23-13-9-8-10-14-23)42-32(41)27-24-16-17-33(43-24)28(27)30(39)36(19-11-12-20-37)29(33)31(40)35(18-6-2)22(3)4/h5-6,8-10,13-14,22,24-25,27-29,37H,1-2,7,11-12,15-21H2,3-4H3,(H,34,38)/t24-,25+,27+,28+,29-,33+/m0/s1. The molecule has 0 radical (unpaired) electrons. The first-order chi connectivity index (χ1) is 20.7. The van der Waals surface area contributed by atoms with E-state index in [0.29, 0.717) is 44.2 Å². The number of likely N-dealkylation sites (tertiary alicyclic amines) is 1. The van der Waals surface area contributed by atoms with Crippen molar-refractivity contribution in [3.63, 3.8) is 0 Å². The number of rotatable bonds is 16. The van der Waals surface area contributed by atoms with E-state index in [1.165, 1.54) is 0 Å². The van der Waals surface area contributed by atoms with Gasteiger partial charge in [-0.3, -0.25) is 19.2 Å². The van der Waals surface area contributed by atoms with Crippen molar-refractivity contribution in [1.82, 2.24) is 15.1 Å². The second-order valence-electron chi connectivity index (χ2n) is 11.9. The van der Waals surface area contributed by atoms with E-state index in [9.17, 15) is 24.3 Å². The van der Waals surface area contributed by atoms with Gasteiger partial charge < -0.3 is 29.7 Å². The summed E-state index contributed by atoms with van der Waals surface area (Å²) in [6.07, 6.45) is 4.81. The highest BCUT2D eigenvalue weighted by atomic mass is 16.6. The molecule has 10 nitrogen and oxygen atoms in total. The Balaban J connectivity index is 1.62. The number of hydrogen-bond donors (Lipinski definition) is 2. The first-order valence-electron chi connectivity index (χ1n) is 15.3. The smallest absolute Gasteiger partial charge is 0.313 e. The molecule has 10 heteroatoms. The molecule has 0 aliphatic carbocycles. The zero-order valence-corrected chi connectivity index (χ0v) is 25.3. The summed E-state index contributed by atoms with van der Waals surface area (Å²) in [7, 11) is 0. The molecule has 3 aliphatic rings. The third-order valence-corrected chi connectivity index (χ3v) is 8.84. The fraction of sp³-hybridized carbons (Fsp3) is 0.576. The van der Waals surface area contributed by atoms with Gasteiger partial charge in [0.1, 0.15) is 17.7 Å². The number of aliphatic hydroxyl groups is 1. The van der Waals surface area contributed by atoms with E-state index < -0.39 is 41.7 Å². The van der Waals surface area contributed by atoms with Crippen LogP contribution in [0.15, 0.2) is 55.6 Å². The number of hydrogen-bond acceptors (Lipinski definition) is 7. The first-order valence-corrected chi connectivity index (χ1v) is 15.3. The highest BCUT2D eigenvalue weighted by Gasteiger charge is 2.75. The second-order valence-corrected chi connectivity index (χ2v) is 11.9. The third kappa shape index (κ3) is 6.55. The van der Waals surface area contributed by atoms with Crippen molar-refractivity contribution >= 4 is 23.7 Å². The number of fused-ring (bicyclic) bond motifs is 1. The van der Waals surface area contributed by atoms with Gasteiger partial charge in [0.2, 0.25) is 17.7 Å². The molecule has 1 aromatic rings. The summed E-state index contributed by atoms with van der Waals surface area (Å²) in [6, 6.07) is 8.14. The van der Waals surface area contributed by atoms with Crippen LogP contribution in [0.2, 0.25) is 0 Å². The average molecular weight is 596 g/mol. The highest BCUT2D eigenvalue weighted by Crippen LogP contribution is 2.59. The lowest BCUT2D eigenvalue weighted by atomic mass is 9.70. The minimum Gasteiger partial charge on any atom is -0.455 e. The molecule has 2 bridgehead atoms. The summed E-state index contributed by atoms with van der Waals surface area (Å²) in [5, 5.41) is 12.2. The van der Waals surface area contributed by atoms with Gasteiger partial charge in [-0.05, 0) is 51.5 Å². The van der Waals surface area contributed by atoms with Crippen molar-refractivity contribution in [3.8, 4) is 0 Å². The van der Waals surface area contributed by atoms with E-state index in [4.69, 9.17) is 9.47 Å². The number of ether oxygens (including phenoxy) is 2. The Hall–Kier alpha value is -3.50. The number of esters is 1. The molecule has 0 aromatic heterocycles. The van der Waals surface area contributed by atoms with Crippen molar-refractivity contribution in [2.45, 2.75) is 82.3 Å². The molecule has 43 heavy (non-hydrogen) atoms. The number of allylic oxidation sites excluding steroid dienone is 1. The van der Waals surface area contributed by atoms with E-state index in [1.54, 1.807) is 22.0 Å². The van der Waals surface area contributed by atoms with E-state index >= 15 is 0 Å². The lowest BCUT2D eigenvalue weighted by Gasteiger charge is -2.38. The first kappa shape index (κ1) is 32.4. The van der Waals surface area contributed by atoms with Crippen LogP contribution in [0.1, 0.15) is 64.0 Å². The number of nitrogens with one attached hydrogen (secondary N) is 1. The lowest BCUT2D eigenvalue weighted by molar-refractivity contribution is -0.160. The molecule has 1 aromatic carbocycles. The van der Waals surface area contributed by atoms with Gasteiger partial charge in [0.25, 0.3) is 0 Å². The summed E-state index contributed by atoms with van der Waals surface area (Å²) in [5.74, 6) is -3.02. The molecule has 3 saturated heterocycles. The molecule has 3 heterocycles. The fourth-order valence-electron chi connectivity index (χ4n) is 6.83. The molecule has 3 fully saturated rings. The van der Waals surface area contributed by atoms with Crippen LogP contribution in [-0.2, 0) is 28.7 Å². The Bertz CT molecular complexity index is 1190. The number of benzene rings is 1. The summed E-state index contributed by atoms with van der Waals surface area (Å²) in [5.41, 5.74) is -0.427. The Kier molecular flexibility index (Phi) is 10.8. The molecule has 0 unspecified atom stereocenters. The normalized spacial score (nSPS) is 26.2. The van der Waals surface area contributed by atoms with Gasteiger partial charge in [-0.15, -0.1) is 13.2 Å². The van der Waals surface area contributed by atoms with Gasteiger partial charge in [0, 0.05) is 32.2 Å². The maximum Gasteiger partial charge on any atom is 0.313 e. The Labute approximate surface area is 254 Å². The molecule has 1 spiro atoms. The third-order valence-electron chi connectivity index (χ3n) is 8.84. The number of unbranched alkanes of at least 4 members (excludes halogenated alkanes) is 1. The average Bonchev–Trinajstić information content (AvgIpc) is 3.64. The number of nitrogens with zero attached hydrogens (tertiary/aromatic N) is 2. The highest BCUT2D eigenvalue weighted by molar-refractivity contribution is 5.98. The summed E-state index contributed by atoms with van der Waals surface area (Å²) in [6.45, 7) is 11.9. The van der Waals surface area contributed by atoms with Gasteiger partial charge in [-0.1, -0.05) is 42.5 Å². The summed E-state index contributed by atoms with van der Waals surface area (Å²) < 4.78 is 12.6. The van der Waals surface area contributed by atoms with Crippen molar-refractivity contribution < 1.29 is 33.8 Å². The van der Waals surface area contributed by atoms with Gasteiger partial charge in [-0.2, -0.15) is 0 Å². The predicted octanol–water partition coefficient (Wildman–Crippen LogP) is 2.92. The van der Waals surface area contributed by atoms with Crippen LogP contribution < -0.4 is 5.32 Å². The SMILES string of the molecule is C=CCCC(=O)NC[C@@H](OC(=O)[C@@H]1[C@@H]2CC[C@]3(O2)[C@H](C(=O)N(CC=C)C(C)C)N(CCCCO)C(=O)[C@@H]13)c1ccccc1. The minimum atomic E-state index is -1.14. The van der Waals surface area contributed by atoms with Crippen LogP contribution in [0.3, 0.4) is 0 Å². The van der Waals surface area contributed by atoms with Crippen molar-refractivity contribution in [3.05, 3.63) is 61.2 Å². The molecular formula is C33H45N3O7. The van der Waals surface area contributed by atoms with Crippen LogP contribution in [0.5, 0.6) is 0 Å². The molecule has 2 N–H and O–H groups in total. The number of amides is 3. The number of carbonyl (C=O) groups is 4. The maximum absolute atomic E-state index is 14.1. The van der Waals surface area contributed by atoms with E-state index in [2.05, 4.69) is 18.5 Å². The Morgan fingerprint density at radius 3 is 2.60 bits per heavy atom. The largest absolute Gasteiger partial charge is 0.455 e. The molecule has 0 saturated carbocycles. The topological polar surface area (TPSA) is 125 Å². The second kappa shape index (κ2) is 14.3. The lowest BCUT2D eigenvalue weighted by Crippen LogP contribution is -2.57. The molecular weight excluding hydrogens is 550 g/mol. The predicted molar refractivity (Wildman–Crippen MR) is 160 cm³/mol. The zero-order valence-electron chi connectivity index (χ0n) is 25.3. The van der Waals surface area contributed by atoms with Crippen LogP contribution >= 0.6 is 0 Å².